The van der Waals surface area contributed by atoms with Gasteiger partial charge in [0.1, 0.15) is 0 Å². The van der Waals surface area contributed by atoms with Gasteiger partial charge in [0, 0.05) is 14.7 Å². The van der Waals surface area contributed by atoms with Gasteiger partial charge in [-0.25, -0.2) is 0 Å². The van der Waals surface area contributed by atoms with E-state index in [0.717, 1.165) is 20.3 Å². The largest absolute Gasteiger partial charge is 0.289 e. The van der Waals surface area contributed by atoms with Gasteiger partial charge in [-0.3, -0.25) is 4.79 Å². The molecule has 2 aromatic rings. The third-order valence-electron chi connectivity index (χ3n) is 4.41. The number of ketones is 1. The van der Waals surface area contributed by atoms with E-state index in [1.165, 1.54) is 16.7 Å². The van der Waals surface area contributed by atoms with Gasteiger partial charge in [0.25, 0.3) is 0 Å². The molecule has 0 N–H and O–H groups in total. The Morgan fingerprint density at radius 1 is 0.905 bits per heavy atom. The predicted octanol–water partition coefficient (Wildman–Crippen LogP) is 5.72. The molecule has 110 valence electrons. The van der Waals surface area contributed by atoms with Crippen LogP contribution >= 0.6 is 34.2 Å². The third-order valence-corrected chi connectivity index (χ3v) is 5.98. The molecule has 0 aliphatic heterocycles. The van der Waals surface area contributed by atoms with Crippen molar-refractivity contribution in [3.63, 3.8) is 0 Å². The van der Waals surface area contributed by atoms with E-state index in [4.69, 9.17) is 11.6 Å². The van der Waals surface area contributed by atoms with E-state index >= 15 is 0 Å². The number of hydrogen-bond acceptors (Lipinski definition) is 1. The molecule has 0 spiro atoms. The summed E-state index contributed by atoms with van der Waals surface area (Å²) >= 11 is 8.32. The Balaban J connectivity index is 2.66. The number of carbonyl (C=O) groups is 1. The van der Waals surface area contributed by atoms with Crippen LogP contribution in [-0.2, 0) is 0 Å². The van der Waals surface area contributed by atoms with Crippen molar-refractivity contribution in [2.45, 2.75) is 34.6 Å². The molecule has 0 unspecified atom stereocenters. The average Bonchev–Trinajstić information content (AvgIpc) is 2.46. The molecule has 0 aliphatic carbocycles. The van der Waals surface area contributed by atoms with Crippen LogP contribution in [0.1, 0.15) is 43.7 Å². The normalized spacial score (nSPS) is 10.8. The molecule has 0 bridgehead atoms. The lowest BCUT2D eigenvalue weighted by Crippen LogP contribution is -2.10. The lowest BCUT2D eigenvalue weighted by molar-refractivity contribution is 0.103. The second-order valence-electron chi connectivity index (χ2n) is 5.46. The highest BCUT2D eigenvalue weighted by atomic mass is 127. The first-order valence-corrected chi connectivity index (χ1v) is 8.28. The van der Waals surface area contributed by atoms with E-state index in [1.807, 2.05) is 26.0 Å². The van der Waals surface area contributed by atoms with Crippen LogP contribution in [0.5, 0.6) is 0 Å². The Morgan fingerprint density at radius 3 is 1.86 bits per heavy atom. The lowest BCUT2D eigenvalue weighted by atomic mass is 9.86. The van der Waals surface area contributed by atoms with Crippen LogP contribution in [-0.4, -0.2) is 5.78 Å². The molecular formula is C18H18ClIO. The van der Waals surface area contributed by atoms with Crippen LogP contribution in [0.2, 0.25) is 5.02 Å². The standard InChI is InChI=1S/C18H18ClIO/c1-9-10(2)12(4)17(13(5)11(9)3)18(21)14-6-7-16(20)15(19)8-14/h6-8H,1-5H3. The summed E-state index contributed by atoms with van der Waals surface area (Å²) < 4.78 is 0.954. The predicted molar refractivity (Wildman–Crippen MR) is 97.7 cm³/mol. The van der Waals surface area contributed by atoms with Crippen molar-refractivity contribution in [2.24, 2.45) is 0 Å². The molecule has 1 nitrogen and oxygen atoms in total. The first-order valence-electron chi connectivity index (χ1n) is 6.82. The van der Waals surface area contributed by atoms with E-state index < -0.39 is 0 Å². The van der Waals surface area contributed by atoms with E-state index in [2.05, 4.69) is 43.4 Å². The summed E-state index contributed by atoms with van der Waals surface area (Å²) in [6.07, 6.45) is 0. The highest BCUT2D eigenvalue weighted by Gasteiger charge is 2.19. The second-order valence-corrected chi connectivity index (χ2v) is 7.03. The van der Waals surface area contributed by atoms with Crippen LogP contribution in [0.3, 0.4) is 0 Å². The highest BCUT2D eigenvalue weighted by molar-refractivity contribution is 14.1. The summed E-state index contributed by atoms with van der Waals surface area (Å²) in [6.45, 7) is 10.3. The molecular weight excluding hydrogens is 395 g/mol. The van der Waals surface area contributed by atoms with Crippen LogP contribution in [0.25, 0.3) is 0 Å². The van der Waals surface area contributed by atoms with Gasteiger partial charge in [-0.2, -0.15) is 0 Å². The van der Waals surface area contributed by atoms with Crippen LogP contribution < -0.4 is 0 Å². The first kappa shape index (κ1) is 16.5. The fourth-order valence-corrected chi connectivity index (χ4v) is 3.14. The van der Waals surface area contributed by atoms with Crippen molar-refractivity contribution < 1.29 is 4.79 Å². The Bertz CT molecular complexity index is 718. The summed E-state index contributed by atoms with van der Waals surface area (Å²) in [7, 11) is 0. The number of hydrogen-bond donors (Lipinski definition) is 0. The maximum absolute atomic E-state index is 12.9. The quantitative estimate of drug-likeness (QED) is 0.455. The Labute approximate surface area is 144 Å². The Morgan fingerprint density at radius 2 is 1.38 bits per heavy atom. The van der Waals surface area contributed by atoms with Gasteiger partial charge >= 0.3 is 0 Å². The fourth-order valence-electron chi connectivity index (χ4n) is 2.62. The third kappa shape index (κ3) is 2.88. The molecule has 0 fully saturated rings. The van der Waals surface area contributed by atoms with Gasteiger partial charge in [0.2, 0.25) is 0 Å². The molecule has 3 heteroatoms. The fraction of sp³-hybridized carbons (Fsp3) is 0.278. The zero-order valence-corrected chi connectivity index (χ0v) is 15.8. The molecule has 21 heavy (non-hydrogen) atoms. The molecule has 2 rings (SSSR count). The van der Waals surface area contributed by atoms with Crippen molar-refractivity contribution in [2.75, 3.05) is 0 Å². The van der Waals surface area contributed by atoms with Crippen LogP contribution in [0.4, 0.5) is 0 Å². The Hall–Kier alpha value is -0.870. The summed E-state index contributed by atoms with van der Waals surface area (Å²) in [5, 5.41) is 0.623. The molecule has 0 aliphatic rings. The number of carbonyl (C=O) groups excluding carboxylic acids is 1. The monoisotopic (exact) mass is 412 g/mol. The number of rotatable bonds is 2. The average molecular weight is 413 g/mol. The second kappa shape index (κ2) is 6.09. The smallest absolute Gasteiger partial charge is 0.193 e. The van der Waals surface area contributed by atoms with Gasteiger partial charge < -0.3 is 0 Å². The Kier molecular flexibility index (Phi) is 4.79. The molecule has 2 aromatic carbocycles. The number of benzene rings is 2. The molecule has 0 saturated carbocycles. The first-order chi connectivity index (χ1) is 9.75. The summed E-state index contributed by atoms with van der Waals surface area (Å²) in [4.78, 5) is 12.9. The van der Waals surface area contributed by atoms with Crippen molar-refractivity contribution in [1.29, 1.82) is 0 Å². The van der Waals surface area contributed by atoms with Crippen molar-refractivity contribution in [3.05, 3.63) is 65.7 Å². The molecule has 0 heterocycles. The minimum Gasteiger partial charge on any atom is -0.289 e. The van der Waals surface area contributed by atoms with Crippen LogP contribution in [0.15, 0.2) is 18.2 Å². The van der Waals surface area contributed by atoms with Crippen molar-refractivity contribution >= 4 is 40.0 Å². The number of halogens is 2. The molecule has 0 aromatic heterocycles. The van der Waals surface area contributed by atoms with Crippen LogP contribution in [0, 0.1) is 38.2 Å². The zero-order chi connectivity index (χ0) is 15.9. The molecule has 0 saturated heterocycles. The minimum absolute atomic E-state index is 0.0505. The van der Waals surface area contributed by atoms with Gasteiger partial charge in [-0.1, -0.05) is 11.6 Å². The lowest BCUT2D eigenvalue weighted by Gasteiger charge is -2.18. The van der Waals surface area contributed by atoms with Crippen molar-refractivity contribution in [1.82, 2.24) is 0 Å². The minimum atomic E-state index is 0.0505. The highest BCUT2D eigenvalue weighted by Crippen LogP contribution is 2.29. The maximum Gasteiger partial charge on any atom is 0.193 e. The SMILES string of the molecule is Cc1c(C)c(C)c(C(=O)c2ccc(I)c(Cl)c2)c(C)c1C. The van der Waals surface area contributed by atoms with Gasteiger partial charge in [-0.15, -0.1) is 0 Å². The van der Waals surface area contributed by atoms with Gasteiger partial charge in [-0.05, 0) is 103 Å². The zero-order valence-electron chi connectivity index (χ0n) is 12.9. The van der Waals surface area contributed by atoms with Crippen molar-refractivity contribution in [3.8, 4) is 0 Å². The van der Waals surface area contributed by atoms with E-state index in [9.17, 15) is 4.79 Å². The van der Waals surface area contributed by atoms with Gasteiger partial charge in [0.15, 0.2) is 5.78 Å². The van der Waals surface area contributed by atoms with E-state index in [0.29, 0.717) is 10.6 Å². The molecule has 0 atom stereocenters. The summed E-state index contributed by atoms with van der Waals surface area (Å²) in [6, 6.07) is 5.49. The van der Waals surface area contributed by atoms with E-state index in [-0.39, 0.29) is 5.78 Å². The summed E-state index contributed by atoms with van der Waals surface area (Å²) in [5.41, 5.74) is 7.24. The summed E-state index contributed by atoms with van der Waals surface area (Å²) in [5.74, 6) is 0.0505. The molecule has 0 amide bonds. The van der Waals surface area contributed by atoms with Gasteiger partial charge in [0.05, 0.1) is 5.02 Å². The topological polar surface area (TPSA) is 17.1 Å². The van der Waals surface area contributed by atoms with E-state index in [1.54, 1.807) is 6.07 Å². The maximum atomic E-state index is 12.9. The molecule has 0 radical (unpaired) electrons.